The van der Waals surface area contributed by atoms with Crippen LogP contribution in [0.25, 0.3) is 16.0 Å². The first kappa shape index (κ1) is 57.7. The number of guanidine groups is 3. The molecule has 9 nitrogen and oxygen atoms in total. The van der Waals surface area contributed by atoms with E-state index in [-0.39, 0.29) is 68.8 Å². The Morgan fingerprint density at radius 3 is 0.654 bits per heavy atom. The molecule has 0 heterocycles. The van der Waals surface area contributed by atoms with E-state index >= 15 is 0 Å². The van der Waals surface area contributed by atoms with Crippen LogP contribution in [0.15, 0.2) is 15.0 Å². The van der Waals surface area contributed by atoms with E-state index < -0.39 is 0 Å². The van der Waals surface area contributed by atoms with Gasteiger partial charge in [0.2, 0.25) is 0 Å². The molecule has 0 N–H and O–H groups in total. The van der Waals surface area contributed by atoms with Crippen LogP contribution < -0.4 is 0 Å². The van der Waals surface area contributed by atoms with Crippen LogP contribution in [0.5, 0.6) is 0 Å². The van der Waals surface area contributed by atoms with Gasteiger partial charge in [-0.2, -0.15) is 0 Å². The van der Waals surface area contributed by atoms with Crippen LogP contribution >= 0.6 is 0 Å². The molecule has 0 radical (unpaired) electrons. The molecule has 0 bridgehead atoms. The van der Waals surface area contributed by atoms with Gasteiger partial charge in [0.1, 0.15) is 0 Å². The Morgan fingerprint density at radius 2 is 0.538 bits per heavy atom. The van der Waals surface area contributed by atoms with Crippen molar-refractivity contribution in [1.82, 2.24) is 14.7 Å². The van der Waals surface area contributed by atoms with Gasteiger partial charge in [-0.05, 0) is 113 Å². The van der Waals surface area contributed by atoms with Crippen LogP contribution in [-0.4, -0.2) is 107 Å². The summed E-state index contributed by atoms with van der Waals surface area (Å²) in [6, 6.07) is 0. The minimum atomic E-state index is -0.0356. The maximum Gasteiger partial charge on any atom is 3.00 e. The molecule has 0 rings (SSSR count). The predicted molar refractivity (Wildman–Crippen MR) is 234 cm³/mol. The summed E-state index contributed by atoms with van der Waals surface area (Å²) in [6.07, 6.45) is 6.14. The zero-order chi connectivity index (χ0) is 41.1. The van der Waals surface area contributed by atoms with Crippen molar-refractivity contribution in [3.63, 3.8) is 0 Å². The molecule has 0 spiro atoms. The quantitative estimate of drug-likeness (QED) is 0.121. The van der Waals surface area contributed by atoms with E-state index in [1.165, 1.54) is 0 Å². The molecule has 0 saturated heterocycles. The van der Waals surface area contributed by atoms with Crippen LogP contribution in [0.4, 0.5) is 0 Å². The van der Waals surface area contributed by atoms with Gasteiger partial charge in [-0.1, -0.05) is 145 Å². The Morgan fingerprint density at radius 1 is 0.365 bits per heavy atom. The largest absolute Gasteiger partial charge is 3.00 e. The average molecular weight is 860 g/mol. The molecule has 0 aromatic carbocycles. The van der Waals surface area contributed by atoms with Gasteiger partial charge in [-0.3, -0.25) is 0 Å². The van der Waals surface area contributed by atoms with Crippen LogP contribution in [0.2, 0.25) is 0 Å². The zero-order valence-corrected chi connectivity index (χ0v) is 43.1. The number of aliphatic imine (C=N–C) groups is 3. The molecule has 0 unspecified atom stereocenters. The molecule has 52 heavy (non-hydrogen) atoms. The van der Waals surface area contributed by atoms with Gasteiger partial charge >= 0.3 is 35.6 Å². The van der Waals surface area contributed by atoms with Gasteiger partial charge in [0.25, 0.3) is 0 Å². The van der Waals surface area contributed by atoms with Crippen LogP contribution in [0.3, 0.4) is 0 Å². The second kappa shape index (κ2) is 26.0. The number of rotatable bonds is 15. The summed E-state index contributed by atoms with van der Waals surface area (Å²) >= 11 is 0. The molecule has 0 amide bonds. The summed E-state index contributed by atoms with van der Waals surface area (Å²) in [5.74, 6) is 2.64. The van der Waals surface area contributed by atoms with Gasteiger partial charge < -0.3 is 45.6 Å². The molecule has 0 aliphatic rings. The van der Waals surface area contributed by atoms with Crippen molar-refractivity contribution in [3.8, 4) is 0 Å². The number of hydrogen-bond acceptors (Lipinski definition) is 3. The Labute approximate surface area is 354 Å². The Balaban J connectivity index is -0.000000329. The molecular formula is C42H90LaN9. The zero-order valence-electron chi connectivity index (χ0n) is 39.5. The molecule has 0 aromatic heterocycles. The molecule has 10 heteroatoms. The summed E-state index contributed by atoms with van der Waals surface area (Å²) in [6.45, 7) is 48.1. The Bertz CT molecular complexity index is 898. The van der Waals surface area contributed by atoms with Crippen LogP contribution in [-0.2, 0) is 0 Å². The molecule has 0 aliphatic heterocycles. The minimum absolute atomic E-state index is 0. The fourth-order valence-electron chi connectivity index (χ4n) is 3.11. The SMILES string of the molecule is CCN(C)C(=NC(C)(C)CC)[N-]C(C)(C)CC.CCN(C)C(=NC(C)(C)CC)[N-]C(C)(C)CC.CCN(C)C(=NC(C)(C)CC)[N-]C(C)(C)CC.[La+3]. The van der Waals surface area contributed by atoms with Crippen molar-refractivity contribution < 1.29 is 35.6 Å². The van der Waals surface area contributed by atoms with Crippen LogP contribution in [0.1, 0.15) is 184 Å². The van der Waals surface area contributed by atoms with Gasteiger partial charge in [0.05, 0.1) is 0 Å². The molecule has 0 fully saturated rings. The van der Waals surface area contributed by atoms with E-state index in [0.29, 0.717) is 0 Å². The number of hydrogen-bond donors (Lipinski definition) is 0. The van der Waals surface area contributed by atoms with E-state index in [4.69, 9.17) is 30.9 Å². The second-order valence-corrected chi connectivity index (χ2v) is 17.6. The Kier molecular flexibility index (Phi) is 28.8. The maximum absolute atomic E-state index is 4.81. The Hall–Kier alpha value is -0.995. The van der Waals surface area contributed by atoms with Crippen molar-refractivity contribution >= 4 is 17.9 Å². The normalized spacial score (nSPS) is 13.5. The van der Waals surface area contributed by atoms with E-state index in [2.05, 4.69) is 181 Å². The molecular weight excluding hydrogens is 769 g/mol. The van der Waals surface area contributed by atoms with Gasteiger partial charge in [-0.15, -0.1) is 0 Å². The van der Waals surface area contributed by atoms with Crippen molar-refractivity contribution in [1.29, 1.82) is 0 Å². The first-order chi connectivity index (χ1) is 23.0. The molecule has 306 valence electrons. The van der Waals surface area contributed by atoms with Gasteiger partial charge in [-0.25, -0.2) is 0 Å². The van der Waals surface area contributed by atoms with Gasteiger partial charge in [0.15, 0.2) is 0 Å². The second-order valence-electron chi connectivity index (χ2n) is 17.6. The monoisotopic (exact) mass is 860 g/mol. The fourth-order valence-corrected chi connectivity index (χ4v) is 3.11. The summed E-state index contributed by atoms with van der Waals surface area (Å²) in [5.41, 5.74) is -0.214. The molecule has 0 aromatic rings. The van der Waals surface area contributed by atoms with E-state index in [1.54, 1.807) is 0 Å². The van der Waals surface area contributed by atoms with Crippen molar-refractivity contribution in [2.75, 3.05) is 40.8 Å². The third-order valence-corrected chi connectivity index (χ3v) is 10.1. The molecule has 0 saturated carbocycles. The first-order valence-electron chi connectivity index (χ1n) is 20.1. The minimum Gasteiger partial charge on any atom is -0.430 e. The third-order valence-electron chi connectivity index (χ3n) is 10.1. The standard InChI is InChI=1S/3C14H30N3.La/c3*1-9-13(4,5)15-12(17(8)11-3)16-14(6,7)10-2;/h3*9-11H2,1-8H3;/q3*-1;+3. The smallest absolute Gasteiger partial charge is 0.430 e. The molecule has 0 atom stereocenters. The topological polar surface area (TPSA) is 89.1 Å². The summed E-state index contributed by atoms with van der Waals surface area (Å²) in [4.78, 5) is 20.8. The maximum atomic E-state index is 4.81. The first-order valence-corrected chi connectivity index (χ1v) is 20.1. The van der Waals surface area contributed by atoms with E-state index in [9.17, 15) is 0 Å². The van der Waals surface area contributed by atoms with Gasteiger partial charge in [0, 0.05) is 17.9 Å². The number of nitrogens with zero attached hydrogens (tertiary/aromatic N) is 9. The van der Waals surface area contributed by atoms with Crippen molar-refractivity contribution in [2.45, 2.75) is 217 Å². The van der Waals surface area contributed by atoms with Crippen molar-refractivity contribution in [3.05, 3.63) is 16.0 Å². The average Bonchev–Trinajstić information content (AvgIpc) is 3.06. The summed E-state index contributed by atoms with van der Waals surface area (Å²) < 4.78 is 0. The van der Waals surface area contributed by atoms with E-state index in [1.807, 2.05) is 0 Å². The summed E-state index contributed by atoms with van der Waals surface area (Å²) in [7, 11) is 6.17. The molecule has 0 aliphatic carbocycles. The van der Waals surface area contributed by atoms with Crippen LogP contribution in [0, 0.1) is 35.6 Å². The predicted octanol–water partition coefficient (Wildman–Crippen LogP) is 12.1. The third kappa shape index (κ3) is 26.7. The summed E-state index contributed by atoms with van der Waals surface area (Å²) in [5, 5.41) is 14.4. The van der Waals surface area contributed by atoms with E-state index in [0.717, 1.165) is 76.0 Å². The fraction of sp³-hybridized carbons (Fsp3) is 0.929. The van der Waals surface area contributed by atoms with Crippen molar-refractivity contribution in [2.24, 2.45) is 15.0 Å².